The lowest BCUT2D eigenvalue weighted by Crippen LogP contribution is -2.46. The SMILES string of the molecule is O=C1CC(N2C(=O)CC3(CCCCC3)C2=O)C(=O)N1. The van der Waals surface area contributed by atoms with Crippen molar-refractivity contribution in [2.45, 2.75) is 51.0 Å². The van der Waals surface area contributed by atoms with Crippen LogP contribution >= 0.6 is 0 Å². The number of carbonyl (C=O) groups is 4. The third kappa shape index (κ3) is 1.77. The van der Waals surface area contributed by atoms with Crippen molar-refractivity contribution in [1.29, 1.82) is 0 Å². The topological polar surface area (TPSA) is 83.6 Å². The smallest absolute Gasteiger partial charge is 0.250 e. The third-order valence-electron chi connectivity index (χ3n) is 4.50. The highest BCUT2D eigenvalue weighted by atomic mass is 16.2. The van der Waals surface area contributed by atoms with Crippen molar-refractivity contribution in [3.63, 3.8) is 0 Å². The molecule has 3 aliphatic rings. The summed E-state index contributed by atoms with van der Waals surface area (Å²) < 4.78 is 0. The van der Waals surface area contributed by atoms with Gasteiger partial charge in [-0.2, -0.15) is 0 Å². The lowest BCUT2D eigenvalue weighted by atomic mass is 9.73. The van der Waals surface area contributed by atoms with Gasteiger partial charge in [0.2, 0.25) is 23.6 Å². The Morgan fingerprint density at radius 2 is 1.74 bits per heavy atom. The Balaban J connectivity index is 1.87. The van der Waals surface area contributed by atoms with E-state index in [1.807, 2.05) is 0 Å². The number of nitrogens with zero attached hydrogens (tertiary/aromatic N) is 1. The fourth-order valence-corrected chi connectivity index (χ4v) is 3.50. The van der Waals surface area contributed by atoms with Crippen LogP contribution in [0.15, 0.2) is 0 Å². The summed E-state index contributed by atoms with van der Waals surface area (Å²) >= 11 is 0. The van der Waals surface area contributed by atoms with Gasteiger partial charge in [-0.05, 0) is 12.8 Å². The second-order valence-corrected chi connectivity index (χ2v) is 5.72. The van der Waals surface area contributed by atoms with Gasteiger partial charge in [0.05, 0.1) is 11.8 Å². The van der Waals surface area contributed by atoms with Gasteiger partial charge in [-0.3, -0.25) is 29.4 Å². The van der Waals surface area contributed by atoms with E-state index in [0.29, 0.717) is 0 Å². The second-order valence-electron chi connectivity index (χ2n) is 5.72. The molecule has 0 bridgehead atoms. The maximum atomic E-state index is 12.5. The number of carbonyl (C=O) groups excluding carboxylic acids is 4. The van der Waals surface area contributed by atoms with Crippen molar-refractivity contribution in [1.82, 2.24) is 10.2 Å². The van der Waals surface area contributed by atoms with Gasteiger partial charge in [-0.15, -0.1) is 0 Å². The fourth-order valence-electron chi connectivity index (χ4n) is 3.50. The second kappa shape index (κ2) is 4.15. The van der Waals surface area contributed by atoms with Gasteiger partial charge >= 0.3 is 0 Å². The molecule has 1 unspecified atom stereocenters. The first kappa shape index (κ1) is 12.3. The Labute approximate surface area is 110 Å². The van der Waals surface area contributed by atoms with Crippen LogP contribution in [-0.2, 0) is 19.2 Å². The van der Waals surface area contributed by atoms with Gasteiger partial charge < -0.3 is 0 Å². The highest BCUT2D eigenvalue weighted by Gasteiger charge is 2.55. The standard InChI is InChI=1S/C13H16N2O4/c16-9-6-8(11(18)14-9)15-10(17)7-13(12(15)19)4-2-1-3-5-13/h8H,1-7H2,(H,14,16,18). The lowest BCUT2D eigenvalue weighted by molar-refractivity contribution is -0.148. The van der Waals surface area contributed by atoms with E-state index >= 15 is 0 Å². The van der Waals surface area contributed by atoms with Crippen molar-refractivity contribution in [2.24, 2.45) is 5.41 Å². The summed E-state index contributed by atoms with van der Waals surface area (Å²) in [7, 11) is 0. The molecule has 2 aliphatic heterocycles. The third-order valence-corrected chi connectivity index (χ3v) is 4.50. The molecule has 3 rings (SSSR count). The molecular formula is C13H16N2O4. The summed E-state index contributed by atoms with van der Waals surface area (Å²) in [6.07, 6.45) is 4.53. The normalized spacial score (nSPS) is 30.3. The van der Waals surface area contributed by atoms with E-state index in [9.17, 15) is 19.2 Å². The molecule has 1 N–H and O–H groups in total. The van der Waals surface area contributed by atoms with E-state index in [2.05, 4.69) is 5.32 Å². The Hall–Kier alpha value is -1.72. The Morgan fingerprint density at radius 1 is 1.05 bits per heavy atom. The molecule has 0 aromatic rings. The predicted octanol–water partition coefficient (Wildman–Crippen LogP) is 0.111. The van der Waals surface area contributed by atoms with Crippen LogP contribution in [0.25, 0.3) is 0 Å². The van der Waals surface area contributed by atoms with E-state index in [0.717, 1.165) is 37.0 Å². The summed E-state index contributed by atoms with van der Waals surface area (Å²) in [6.45, 7) is 0. The Kier molecular flexibility index (Phi) is 2.69. The van der Waals surface area contributed by atoms with E-state index in [1.54, 1.807) is 0 Å². The quantitative estimate of drug-likeness (QED) is 0.681. The molecule has 2 saturated heterocycles. The number of nitrogens with one attached hydrogen (secondary N) is 1. The Bertz CT molecular complexity index is 479. The molecule has 6 nitrogen and oxygen atoms in total. The molecule has 4 amide bonds. The molecule has 1 aliphatic carbocycles. The van der Waals surface area contributed by atoms with Crippen LogP contribution in [0, 0.1) is 5.41 Å². The fraction of sp³-hybridized carbons (Fsp3) is 0.692. The van der Waals surface area contributed by atoms with Gasteiger partial charge in [0.25, 0.3) is 0 Å². The molecule has 0 aromatic carbocycles. The van der Waals surface area contributed by atoms with Crippen LogP contribution in [-0.4, -0.2) is 34.6 Å². The van der Waals surface area contributed by atoms with Crippen LogP contribution < -0.4 is 5.32 Å². The first-order valence-electron chi connectivity index (χ1n) is 6.74. The molecule has 3 fully saturated rings. The maximum absolute atomic E-state index is 12.5. The molecule has 6 heteroatoms. The molecule has 1 spiro atoms. The number of imide groups is 2. The summed E-state index contributed by atoms with van der Waals surface area (Å²) in [5.41, 5.74) is -0.596. The highest BCUT2D eigenvalue weighted by molar-refractivity contribution is 6.13. The number of rotatable bonds is 1. The van der Waals surface area contributed by atoms with Gasteiger partial charge in [-0.1, -0.05) is 19.3 Å². The minimum atomic E-state index is -0.922. The van der Waals surface area contributed by atoms with Crippen LogP contribution in [0.4, 0.5) is 0 Å². The summed E-state index contributed by atoms with van der Waals surface area (Å²) in [5, 5.41) is 2.15. The molecular weight excluding hydrogens is 248 g/mol. The predicted molar refractivity (Wildman–Crippen MR) is 63.5 cm³/mol. The zero-order valence-electron chi connectivity index (χ0n) is 10.6. The first-order valence-corrected chi connectivity index (χ1v) is 6.74. The van der Waals surface area contributed by atoms with Crippen LogP contribution in [0.3, 0.4) is 0 Å². The van der Waals surface area contributed by atoms with E-state index < -0.39 is 23.3 Å². The molecule has 0 aromatic heterocycles. The zero-order valence-corrected chi connectivity index (χ0v) is 10.6. The zero-order chi connectivity index (χ0) is 13.6. The minimum absolute atomic E-state index is 0.0909. The molecule has 1 atom stereocenters. The summed E-state index contributed by atoms with van der Waals surface area (Å²) in [5.74, 6) is -1.49. The first-order chi connectivity index (χ1) is 9.03. The largest absolute Gasteiger partial charge is 0.295 e. The maximum Gasteiger partial charge on any atom is 0.250 e. The van der Waals surface area contributed by atoms with Crippen LogP contribution in [0.5, 0.6) is 0 Å². The number of likely N-dealkylation sites (tertiary alicyclic amines) is 1. The molecule has 102 valence electrons. The van der Waals surface area contributed by atoms with Gasteiger partial charge in [0.1, 0.15) is 6.04 Å². The van der Waals surface area contributed by atoms with Crippen molar-refractivity contribution in [2.75, 3.05) is 0 Å². The van der Waals surface area contributed by atoms with Crippen molar-refractivity contribution >= 4 is 23.6 Å². The van der Waals surface area contributed by atoms with Gasteiger partial charge in [0.15, 0.2) is 0 Å². The van der Waals surface area contributed by atoms with Crippen LogP contribution in [0.1, 0.15) is 44.9 Å². The van der Waals surface area contributed by atoms with Crippen molar-refractivity contribution < 1.29 is 19.2 Å². The molecule has 0 radical (unpaired) electrons. The lowest BCUT2D eigenvalue weighted by Gasteiger charge is -2.31. The van der Waals surface area contributed by atoms with Gasteiger partial charge in [0, 0.05) is 6.42 Å². The summed E-state index contributed by atoms with van der Waals surface area (Å²) in [6, 6.07) is -0.922. The van der Waals surface area contributed by atoms with Crippen molar-refractivity contribution in [3.05, 3.63) is 0 Å². The number of hydrogen-bond acceptors (Lipinski definition) is 4. The van der Waals surface area contributed by atoms with E-state index in [-0.39, 0.29) is 24.7 Å². The molecule has 19 heavy (non-hydrogen) atoms. The Morgan fingerprint density at radius 3 is 2.32 bits per heavy atom. The van der Waals surface area contributed by atoms with E-state index in [4.69, 9.17) is 0 Å². The van der Waals surface area contributed by atoms with Crippen molar-refractivity contribution in [3.8, 4) is 0 Å². The number of hydrogen-bond donors (Lipinski definition) is 1. The average molecular weight is 264 g/mol. The van der Waals surface area contributed by atoms with Crippen LogP contribution in [0.2, 0.25) is 0 Å². The van der Waals surface area contributed by atoms with Gasteiger partial charge in [-0.25, -0.2) is 0 Å². The average Bonchev–Trinajstić information content (AvgIpc) is 2.79. The molecule has 2 heterocycles. The summed E-state index contributed by atoms with van der Waals surface area (Å²) in [4.78, 5) is 48.6. The minimum Gasteiger partial charge on any atom is -0.295 e. The van der Waals surface area contributed by atoms with E-state index in [1.165, 1.54) is 0 Å². The highest BCUT2D eigenvalue weighted by Crippen LogP contribution is 2.46. The molecule has 1 saturated carbocycles. The number of amides is 4. The monoisotopic (exact) mass is 264 g/mol.